The van der Waals surface area contributed by atoms with Gasteiger partial charge in [0.05, 0.1) is 22.3 Å². The van der Waals surface area contributed by atoms with Crippen LogP contribution in [0.15, 0.2) is 102 Å². The number of aryl methyl sites for hydroxylation is 5. The molecule has 5 amide bonds. The molecule has 0 atom stereocenters. The number of carbonyl (C=O) groups is 5. The number of ether oxygens (including phenoxy) is 3. The van der Waals surface area contributed by atoms with Crippen LogP contribution < -0.4 is 41.2 Å². The Morgan fingerprint density at radius 1 is 0.523 bits per heavy atom. The van der Waals surface area contributed by atoms with Crippen LogP contribution in [0.4, 0.5) is 20.0 Å². The molecule has 436 valence electrons. The molecule has 21 heteroatoms. The average molecular weight is 1290 g/mol. The Morgan fingerprint density at radius 3 is 1.48 bits per heavy atom. The zero-order valence-corrected chi connectivity index (χ0v) is 51.6. The summed E-state index contributed by atoms with van der Waals surface area (Å²) in [4.78, 5) is 65.5. The standard InChI is InChI=1S/C17H14N2O3S.C16H13BrN2OS.C16H16N2O3S.C16H14N2OS/c18-8-12-11-3-1-2-4-15(11)23-17(12)19-16(20)10-5-6-13-14(7-10)22-9-21-13;17-11-7-5-10(6-8-11)15(20)19-16-13(9-18)12-3-1-2-4-14(12)21-16;17-15(20)14-11-7-4-8-12(11)22-16(14)18-13(19)9-21-10-5-2-1-3-6-10;1-10-5-7-11(8-6-10)15(19)18-16-13(9-17)12-3-2-4-14(12)20-16/h5-7H,1-4,9H2,(H,19,20);5-8H,1-4H2,(H,19,20);1-3,5-6H,4,7-9H2,(H2,17,20)(H,18,19);5-8H,2-4H2,1H3,(H,18,19). The van der Waals surface area contributed by atoms with E-state index >= 15 is 0 Å². The fourth-order valence-electron chi connectivity index (χ4n) is 10.6. The second-order valence-corrected chi connectivity index (χ2v) is 25.9. The predicted octanol–water partition coefficient (Wildman–Crippen LogP) is 14.0. The second kappa shape index (κ2) is 28.1. The SMILES string of the molecule is Cc1ccc(C(=O)Nc2sc3c(c2C#N)CCC3)cc1.N#Cc1c(NC(=O)c2ccc(Br)cc2)sc2c1CCCC2.N#Cc1c(NC(=O)c2ccc3c(c2)OCO3)sc2c1CCCC2.NC(=O)c1c(NC(=O)COc2ccccc2)sc2c1CCC2. The number of rotatable bonds is 11. The normalized spacial score (nSPS) is 13.5. The van der Waals surface area contributed by atoms with Gasteiger partial charge in [-0.2, -0.15) is 15.8 Å². The van der Waals surface area contributed by atoms with Gasteiger partial charge in [-0.3, -0.25) is 24.0 Å². The molecule has 8 aromatic rings. The van der Waals surface area contributed by atoms with Crippen molar-refractivity contribution in [3.63, 3.8) is 0 Å². The number of halogens is 1. The summed E-state index contributed by atoms with van der Waals surface area (Å²) >= 11 is 9.41. The number of nitrogens with one attached hydrogen (secondary N) is 4. The van der Waals surface area contributed by atoms with E-state index < -0.39 is 5.91 Å². The minimum atomic E-state index is -0.487. The molecule has 1 aliphatic heterocycles. The lowest BCUT2D eigenvalue weighted by Gasteiger charge is -2.09. The molecule has 13 rings (SSSR count). The summed E-state index contributed by atoms with van der Waals surface area (Å²) in [5, 5.41) is 42.1. The first-order chi connectivity index (χ1) is 41.8. The summed E-state index contributed by atoms with van der Waals surface area (Å²) in [6.45, 7) is 2.06. The Balaban J connectivity index is 0.000000127. The Bertz CT molecular complexity index is 4020. The van der Waals surface area contributed by atoms with Crippen molar-refractivity contribution in [2.45, 2.75) is 96.8 Å². The highest BCUT2D eigenvalue weighted by molar-refractivity contribution is 9.10. The molecule has 0 bridgehead atoms. The molecule has 0 radical (unpaired) electrons. The van der Waals surface area contributed by atoms with E-state index in [1.54, 1.807) is 77.3 Å². The molecule has 5 aliphatic rings. The van der Waals surface area contributed by atoms with Crippen molar-refractivity contribution < 1.29 is 38.2 Å². The van der Waals surface area contributed by atoms with E-state index in [0.29, 0.717) is 76.2 Å². The van der Waals surface area contributed by atoms with Crippen LogP contribution in [0.5, 0.6) is 17.2 Å². The molecule has 4 aliphatic carbocycles. The summed E-state index contributed by atoms with van der Waals surface area (Å²) in [5.41, 5.74) is 15.1. The topological polar surface area (TPSA) is 259 Å². The summed E-state index contributed by atoms with van der Waals surface area (Å²) < 4.78 is 16.9. The van der Waals surface area contributed by atoms with Crippen LogP contribution in [0.2, 0.25) is 0 Å². The molecular weight excluding hydrogens is 1230 g/mol. The van der Waals surface area contributed by atoms with E-state index in [9.17, 15) is 39.8 Å². The van der Waals surface area contributed by atoms with Crippen molar-refractivity contribution >= 4 is 111 Å². The first kappa shape index (κ1) is 60.5. The first-order valence-electron chi connectivity index (χ1n) is 28.0. The van der Waals surface area contributed by atoms with Crippen LogP contribution in [-0.2, 0) is 56.2 Å². The Labute approximate surface area is 521 Å². The highest BCUT2D eigenvalue weighted by Gasteiger charge is 2.28. The second-order valence-electron chi connectivity index (χ2n) is 20.6. The van der Waals surface area contributed by atoms with Gasteiger partial charge in [0.1, 0.15) is 44.0 Å². The number of anilines is 4. The van der Waals surface area contributed by atoms with E-state index in [-0.39, 0.29) is 37.0 Å². The Morgan fingerprint density at radius 2 is 0.953 bits per heavy atom. The number of carbonyl (C=O) groups excluding carboxylic acids is 5. The lowest BCUT2D eigenvalue weighted by atomic mass is 9.96. The minimum Gasteiger partial charge on any atom is -0.484 e. The molecule has 6 N–H and O–H groups in total. The third-order valence-corrected chi connectivity index (χ3v) is 20.2. The van der Waals surface area contributed by atoms with Gasteiger partial charge in [0.15, 0.2) is 18.1 Å². The lowest BCUT2D eigenvalue weighted by Crippen LogP contribution is -2.22. The van der Waals surface area contributed by atoms with Crippen LogP contribution in [0.1, 0.15) is 144 Å². The van der Waals surface area contributed by atoms with Gasteiger partial charge in [-0.05, 0) is 186 Å². The smallest absolute Gasteiger partial charge is 0.262 e. The lowest BCUT2D eigenvalue weighted by molar-refractivity contribution is -0.118. The van der Waals surface area contributed by atoms with Gasteiger partial charge in [0.25, 0.3) is 29.5 Å². The van der Waals surface area contributed by atoms with Gasteiger partial charge in [-0.25, -0.2) is 0 Å². The number of hydrogen-bond acceptors (Lipinski definition) is 15. The van der Waals surface area contributed by atoms with Gasteiger partial charge in [-0.15, -0.1) is 45.3 Å². The molecule has 0 fully saturated rings. The highest BCUT2D eigenvalue weighted by atomic mass is 79.9. The van der Waals surface area contributed by atoms with Gasteiger partial charge in [0.2, 0.25) is 6.79 Å². The van der Waals surface area contributed by atoms with Crippen molar-refractivity contribution in [2.24, 2.45) is 5.73 Å². The number of hydrogen-bond donors (Lipinski definition) is 5. The molecule has 5 heterocycles. The van der Waals surface area contributed by atoms with Gasteiger partial charge < -0.3 is 41.2 Å². The van der Waals surface area contributed by atoms with E-state index in [0.717, 1.165) is 121 Å². The molecule has 4 aromatic heterocycles. The van der Waals surface area contributed by atoms with E-state index in [1.165, 1.54) is 43.7 Å². The number of thiophene rings is 4. The Kier molecular flexibility index (Phi) is 19.7. The quantitative estimate of drug-likeness (QED) is 0.0813. The molecule has 0 saturated heterocycles. The number of fused-ring (bicyclic) bond motifs is 5. The van der Waals surface area contributed by atoms with Crippen molar-refractivity contribution in [2.75, 3.05) is 34.7 Å². The van der Waals surface area contributed by atoms with Gasteiger partial charge in [-0.1, -0.05) is 51.8 Å². The monoisotopic (exact) mass is 1280 g/mol. The minimum absolute atomic E-state index is 0.106. The number of para-hydroxylation sites is 1. The molecule has 4 aromatic carbocycles. The summed E-state index contributed by atoms with van der Waals surface area (Å²) in [7, 11) is 0. The number of nitriles is 3. The number of primary amides is 1. The number of nitrogens with two attached hydrogens (primary N) is 1. The maximum atomic E-state index is 12.5. The average Bonchev–Trinajstić information content (AvgIpc) is 2.83. The number of amides is 5. The maximum Gasteiger partial charge on any atom is 0.262 e. The maximum absolute atomic E-state index is 12.5. The summed E-state index contributed by atoms with van der Waals surface area (Å²) in [5.74, 6) is 0.498. The van der Waals surface area contributed by atoms with Crippen LogP contribution >= 0.6 is 61.3 Å². The first-order valence-corrected chi connectivity index (χ1v) is 32.1. The van der Waals surface area contributed by atoms with Gasteiger partial charge in [0, 0.05) is 40.7 Å². The third-order valence-electron chi connectivity index (χ3n) is 14.9. The highest BCUT2D eigenvalue weighted by Crippen LogP contribution is 2.42. The molecular formula is C65H57BrN8O8S4. The predicted molar refractivity (Wildman–Crippen MR) is 340 cm³/mol. The van der Waals surface area contributed by atoms with Crippen molar-refractivity contribution in [1.82, 2.24) is 0 Å². The molecule has 0 saturated carbocycles. The zero-order chi connectivity index (χ0) is 60.3. The van der Waals surface area contributed by atoms with E-state index in [2.05, 4.69) is 55.4 Å². The third kappa shape index (κ3) is 14.2. The van der Waals surface area contributed by atoms with Crippen LogP contribution in [0.25, 0.3) is 0 Å². The zero-order valence-electron chi connectivity index (χ0n) is 46.7. The van der Waals surface area contributed by atoms with Crippen molar-refractivity contribution in [3.05, 3.63) is 188 Å². The van der Waals surface area contributed by atoms with Crippen molar-refractivity contribution in [3.8, 4) is 35.5 Å². The van der Waals surface area contributed by atoms with E-state index in [1.807, 2.05) is 49.4 Å². The van der Waals surface area contributed by atoms with Crippen LogP contribution in [0, 0.1) is 40.9 Å². The summed E-state index contributed by atoms with van der Waals surface area (Å²) in [6.07, 6.45) is 14.3. The fraction of sp³-hybridized carbons (Fsp3) is 0.262. The molecule has 0 spiro atoms. The molecule has 86 heavy (non-hydrogen) atoms. The van der Waals surface area contributed by atoms with Gasteiger partial charge >= 0.3 is 0 Å². The molecule has 0 unspecified atom stereocenters. The fourth-order valence-corrected chi connectivity index (χ4v) is 15.9. The van der Waals surface area contributed by atoms with Crippen molar-refractivity contribution in [1.29, 1.82) is 15.8 Å². The molecule has 16 nitrogen and oxygen atoms in total. The number of benzene rings is 4. The largest absolute Gasteiger partial charge is 0.484 e. The Hall–Kier alpha value is -8.62. The van der Waals surface area contributed by atoms with Crippen LogP contribution in [-0.4, -0.2) is 42.9 Å². The van der Waals surface area contributed by atoms with E-state index in [4.69, 9.17) is 19.9 Å². The number of nitrogens with zero attached hydrogens (tertiary/aromatic N) is 3. The summed E-state index contributed by atoms with van der Waals surface area (Å²) in [6, 6.07) is 35.6. The van der Waals surface area contributed by atoms with Crippen LogP contribution in [0.3, 0.4) is 0 Å².